The summed E-state index contributed by atoms with van der Waals surface area (Å²) >= 11 is 0. The van der Waals surface area contributed by atoms with Gasteiger partial charge in [0, 0.05) is 26.1 Å². The lowest BCUT2D eigenvalue weighted by molar-refractivity contribution is -0.144. The van der Waals surface area contributed by atoms with Crippen LogP contribution in [0.2, 0.25) is 0 Å². The molecule has 0 atom stereocenters. The average molecular weight is 767 g/mol. The Morgan fingerprint density at radius 3 is 1.63 bits per heavy atom. The van der Waals surface area contributed by atoms with Crippen molar-refractivity contribution in [2.75, 3.05) is 32.8 Å². The van der Waals surface area contributed by atoms with E-state index in [0.717, 1.165) is 64.2 Å². The number of hydrogen-bond donors (Lipinski definition) is 1. The maximum absolute atomic E-state index is 13.6. The highest BCUT2D eigenvalue weighted by Gasteiger charge is 2.19. The number of carbonyl (C=O) groups excluding carboxylic acids is 3. The van der Waals surface area contributed by atoms with Crippen LogP contribution in [0.3, 0.4) is 0 Å². The molecule has 0 heterocycles. The van der Waals surface area contributed by atoms with E-state index in [-0.39, 0.29) is 24.6 Å². The van der Waals surface area contributed by atoms with E-state index < -0.39 is 11.7 Å². The first kappa shape index (κ1) is 52.2. The van der Waals surface area contributed by atoms with Crippen molar-refractivity contribution in [1.82, 2.24) is 10.2 Å². The zero-order valence-corrected chi connectivity index (χ0v) is 36.9. The van der Waals surface area contributed by atoms with Gasteiger partial charge in [-0.1, -0.05) is 163 Å². The van der Waals surface area contributed by atoms with Crippen molar-refractivity contribution < 1.29 is 28.6 Å². The van der Waals surface area contributed by atoms with Crippen LogP contribution in [-0.4, -0.2) is 67.4 Å². The number of alkyl carbamates (subject to hydrolysis) is 1. The molecule has 0 rings (SSSR count). The summed E-state index contributed by atoms with van der Waals surface area (Å²) in [6, 6.07) is 0. The molecule has 8 heteroatoms. The van der Waals surface area contributed by atoms with Gasteiger partial charge in [0.05, 0.1) is 12.7 Å². The summed E-state index contributed by atoms with van der Waals surface area (Å²) in [5, 5.41) is 2.83. The monoisotopic (exact) mass is 767 g/mol. The molecule has 0 saturated heterocycles. The number of ether oxygens (including phenoxy) is 3. The van der Waals surface area contributed by atoms with E-state index in [1.807, 2.05) is 25.7 Å². The van der Waals surface area contributed by atoms with Gasteiger partial charge in [-0.25, -0.2) is 4.79 Å². The van der Waals surface area contributed by atoms with Crippen LogP contribution in [0, 0.1) is 5.92 Å². The van der Waals surface area contributed by atoms with Crippen LogP contribution in [0.4, 0.5) is 4.79 Å². The molecule has 0 spiro atoms. The number of carbonyl (C=O) groups is 3. The summed E-state index contributed by atoms with van der Waals surface area (Å²) in [6.45, 7) is 16.9. The van der Waals surface area contributed by atoms with Gasteiger partial charge in [0.2, 0.25) is 5.91 Å². The molecule has 0 aromatic carbocycles. The second-order valence-corrected chi connectivity index (χ2v) is 16.9. The van der Waals surface area contributed by atoms with Crippen molar-refractivity contribution in [2.24, 2.45) is 5.92 Å². The summed E-state index contributed by atoms with van der Waals surface area (Å²) in [4.78, 5) is 40.0. The fraction of sp³-hybridized carbons (Fsp3) is 0.935. The minimum atomic E-state index is -0.545. The van der Waals surface area contributed by atoms with Crippen LogP contribution in [0.5, 0.6) is 0 Å². The van der Waals surface area contributed by atoms with E-state index in [2.05, 4.69) is 33.0 Å². The SMILES string of the molecule is CCCCCCCCC(CCCCCCCC)OCC(=O)N(CCCCCCCC(=O)OCCC(CCCC)CCCC)CCCNC(=O)OC(C)(C)C. The van der Waals surface area contributed by atoms with Gasteiger partial charge >= 0.3 is 12.1 Å². The molecule has 0 aliphatic carbocycles. The summed E-state index contributed by atoms with van der Waals surface area (Å²) in [5.74, 6) is 0.647. The molecule has 0 radical (unpaired) electrons. The molecule has 0 bridgehead atoms. The molecular formula is C46H90N2O6. The van der Waals surface area contributed by atoms with E-state index in [1.165, 1.54) is 103 Å². The van der Waals surface area contributed by atoms with E-state index in [0.29, 0.717) is 45.0 Å². The Morgan fingerprint density at radius 1 is 0.574 bits per heavy atom. The van der Waals surface area contributed by atoms with E-state index >= 15 is 0 Å². The smallest absolute Gasteiger partial charge is 0.407 e. The summed E-state index contributed by atoms with van der Waals surface area (Å²) in [5.41, 5.74) is -0.545. The lowest BCUT2D eigenvalue weighted by Crippen LogP contribution is -2.39. The first-order chi connectivity index (χ1) is 26.1. The van der Waals surface area contributed by atoms with Crippen molar-refractivity contribution in [3.8, 4) is 0 Å². The third kappa shape index (κ3) is 34.6. The summed E-state index contributed by atoms with van der Waals surface area (Å²) < 4.78 is 17.3. The van der Waals surface area contributed by atoms with Crippen LogP contribution in [0.25, 0.3) is 0 Å². The van der Waals surface area contributed by atoms with Gasteiger partial charge in [0.25, 0.3) is 0 Å². The Morgan fingerprint density at radius 2 is 1.07 bits per heavy atom. The van der Waals surface area contributed by atoms with E-state index in [4.69, 9.17) is 14.2 Å². The molecule has 0 unspecified atom stereocenters. The minimum absolute atomic E-state index is 0.0394. The highest BCUT2D eigenvalue weighted by Crippen LogP contribution is 2.21. The molecule has 8 nitrogen and oxygen atoms in total. The minimum Gasteiger partial charge on any atom is -0.466 e. The Bertz CT molecular complexity index is 852. The van der Waals surface area contributed by atoms with Gasteiger partial charge in [0.1, 0.15) is 12.2 Å². The maximum Gasteiger partial charge on any atom is 0.407 e. The molecule has 54 heavy (non-hydrogen) atoms. The van der Waals surface area contributed by atoms with Crippen LogP contribution < -0.4 is 5.32 Å². The van der Waals surface area contributed by atoms with Crippen LogP contribution in [-0.2, 0) is 23.8 Å². The van der Waals surface area contributed by atoms with Gasteiger partial charge in [-0.3, -0.25) is 9.59 Å². The average Bonchev–Trinajstić information content (AvgIpc) is 3.13. The molecule has 0 saturated carbocycles. The second-order valence-electron chi connectivity index (χ2n) is 16.9. The molecule has 0 aromatic heterocycles. The quantitative estimate of drug-likeness (QED) is 0.0497. The highest BCUT2D eigenvalue weighted by molar-refractivity contribution is 5.77. The molecule has 2 amide bonds. The first-order valence-electron chi connectivity index (χ1n) is 23.1. The number of hydrogen-bond acceptors (Lipinski definition) is 6. The third-order valence-corrected chi connectivity index (χ3v) is 10.4. The number of nitrogens with zero attached hydrogens (tertiary/aromatic N) is 1. The predicted octanol–water partition coefficient (Wildman–Crippen LogP) is 12.9. The Labute approximate surface area is 334 Å². The highest BCUT2D eigenvalue weighted by atomic mass is 16.6. The fourth-order valence-electron chi connectivity index (χ4n) is 6.96. The topological polar surface area (TPSA) is 94.2 Å². The van der Waals surface area contributed by atoms with Crippen LogP contribution >= 0.6 is 0 Å². The van der Waals surface area contributed by atoms with Crippen molar-refractivity contribution >= 4 is 18.0 Å². The van der Waals surface area contributed by atoms with Crippen LogP contribution in [0.1, 0.15) is 228 Å². The van der Waals surface area contributed by atoms with Crippen molar-refractivity contribution in [3.63, 3.8) is 0 Å². The standard InChI is InChI=1S/C46H90N2O6/c1-8-12-16-18-21-25-32-42(33-26-22-19-17-13-9-2)53-40-43(49)48(38-29-36-47-45(51)54-46(5,6)7)37-28-24-20-23-27-34-44(50)52-39-35-41(30-14-10-3)31-15-11-4/h41-42H,8-40H2,1-7H3,(H,47,51). The first-order valence-corrected chi connectivity index (χ1v) is 23.1. The third-order valence-electron chi connectivity index (χ3n) is 10.4. The molecule has 1 N–H and O–H groups in total. The number of nitrogens with one attached hydrogen (secondary N) is 1. The second kappa shape index (κ2) is 36.8. The van der Waals surface area contributed by atoms with Crippen molar-refractivity contribution in [2.45, 2.75) is 240 Å². The molecular weight excluding hydrogens is 677 g/mol. The summed E-state index contributed by atoms with van der Waals surface area (Å²) in [7, 11) is 0. The predicted molar refractivity (Wildman–Crippen MR) is 227 cm³/mol. The van der Waals surface area contributed by atoms with Gasteiger partial charge in [0.15, 0.2) is 0 Å². The lowest BCUT2D eigenvalue weighted by Gasteiger charge is -2.25. The Balaban J connectivity index is 4.87. The Hall–Kier alpha value is -1.83. The lowest BCUT2D eigenvalue weighted by atomic mass is 9.93. The molecule has 0 aliphatic rings. The van der Waals surface area contributed by atoms with E-state index in [9.17, 15) is 14.4 Å². The van der Waals surface area contributed by atoms with Gasteiger partial charge < -0.3 is 24.4 Å². The normalized spacial score (nSPS) is 11.7. The van der Waals surface area contributed by atoms with Crippen molar-refractivity contribution in [3.05, 3.63) is 0 Å². The molecule has 0 fully saturated rings. The molecule has 320 valence electrons. The zero-order chi connectivity index (χ0) is 40.1. The van der Waals surface area contributed by atoms with Gasteiger partial charge in [-0.2, -0.15) is 0 Å². The molecule has 0 aliphatic heterocycles. The summed E-state index contributed by atoms with van der Waals surface area (Å²) in [6.07, 6.45) is 31.2. The van der Waals surface area contributed by atoms with Gasteiger partial charge in [-0.05, 0) is 65.2 Å². The number of rotatable bonds is 38. The number of unbranched alkanes of at least 4 members (excludes halogenated alkanes) is 16. The number of amides is 2. The largest absolute Gasteiger partial charge is 0.466 e. The van der Waals surface area contributed by atoms with Crippen molar-refractivity contribution in [1.29, 1.82) is 0 Å². The fourth-order valence-corrected chi connectivity index (χ4v) is 6.96. The van der Waals surface area contributed by atoms with E-state index in [1.54, 1.807) is 0 Å². The molecule has 0 aromatic rings. The number of esters is 1. The van der Waals surface area contributed by atoms with Crippen LogP contribution in [0.15, 0.2) is 0 Å². The maximum atomic E-state index is 13.6. The van der Waals surface area contributed by atoms with Gasteiger partial charge in [-0.15, -0.1) is 0 Å². The Kier molecular flexibility index (Phi) is 35.5. The zero-order valence-electron chi connectivity index (χ0n) is 36.9.